The first-order valence-electron chi connectivity index (χ1n) is 13.7. The molecule has 198 valence electrons. The predicted octanol–water partition coefficient (Wildman–Crippen LogP) is 4.99. The van der Waals surface area contributed by atoms with Crippen molar-refractivity contribution in [3.63, 3.8) is 0 Å². The molecule has 0 bridgehead atoms. The summed E-state index contributed by atoms with van der Waals surface area (Å²) < 4.78 is 1.20. The van der Waals surface area contributed by atoms with Gasteiger partial charge in [-0.2, -0.15) is 0 Å². The second-order valence-electron chi connectivity index (χ2n) is 11.7. The molecule has 0 aliphatic rings. The molecule has 3 rings (SSSR count). The summed E-state index contributed by atoms with van der Waals surface area (Å²) in [7, 11) is 0. The van der Waals surface area contributed by atoms with Gasteiger partial charge in [-0.15, -0.1) is 0 Å². The van der Waals surface area contributed by atoms with Gasteiger partial charge in [-0.3, -0.25) is 0 Å². The van der Waals surface area contributed by atoms with Gasteiger partial charge in [-0.25, -0.2) is 0 Å². The van der Waals surface area contributed by atoms with Gasteiger partial charge in [0.2, 0.25) is 0 Å². The van der Waals surface area contributed by atoms with Crippen LogP contribution in [0, 0.1) is 23.7 Å². The molecule has 0 aliphatic heterocycles. The third-order valence-corrected chi connectivity index (χ3v) is 9.52. The van der Waals surface area contributed by atoms with Crippen molar-refractivity contribution in [2.45, 2.75) is 55.2 Å². The number of hydrogen-bond acceptors (Lipinski definition) is 3. The van der Waals surface area contributed by atoms with Gasteiger partial charge in [0.15, 0.2) is 0 Å². The van der Waals surface area contributed by atoms with E-state index in [4.69, 9.17) is 0 Å². The molecular weight excluding hydrogens is 646 g/mol. The van der Waals surface area contributed by atoms with Crippen LogP contribution in [0.25, 0.3) is 0 Å². The SMILES string of the molecule is CC(C)(C)c1ccc(NC(=O)[CH2][SrH])c(C#Cc2cccc(C#Cc3cc(C(C)(C)C)ccc3NC(=O)[CH2][SrH])n2)c1. The number of carbonyl (C=O) groups is 2. The first-order valence-corrected chi connectivity index (χ1v) is 20.6. The topological polar surface area (TPSA) is 71.1 Å². The minimum absolute atomic E-state index is 0.0333. The average Bonchev–Trinajstić information content (AvgIpc) is 2.90. The number of hydrogen-bond donors (Lipinski definition) is 2. The third kappa shape index (κ3) is 9.86. The van der Waals surface area contributed by atoms with E-state index in [1.807, 2.05) is 54.6 Å². The number of nitrogens with zero attached hydrogens (tertiary/aromatic N) is 1. The van der Waals surface area contributed by atoms with Gasteiger partial charge >= 0.3 is 302 Å². The Morgan fingerprint density at radius 2 is 1.07 bits per heavy atom. The number of benzene rings is 2. The summed E-state index contributed by atoms with van der Waals surface area (Å²) in [5.41, 5.74) is 6.35. The van der Waals surface area contributed by atoms with Crippen molar-refractivity contribution in [2.24, 2.45) is 0 Å². The van der Waals surface area contributed by atoms with Crippen molar-refractivity contribution >= 4 is 110 Å². The molecule has 3 aromatic rings. The van der Waals surface area contributed by atoms with E-state index in [1.54, 1.807) is 0 Å². The van der Waals surface area contributed by atoms with Crippen LogP contribution in [0.4, 0.5) is 11.4 Å². The van der Waals surface area contributed by atoms with E-state index in [0.29, 0.717) is 14.2 Å². The Morgan fingerprint density at radius 3 is 1.43 bits per heavy atom. The molecule has 40 heavy (non-hydrogen) atoms. The van der Waals surface area contributed by atoms with Crippen LogP contribution in [-0.4, -0.2) is 103 Å². The summed E-state index contributed by atoms with van der Waals surface area (Å²) in [6.45, 7) is 12.9. The van der Waals surface area contributed by atoms with Crippen LogP contribution in [0.2, 0.25) is 2.78 Å². The molecule has 2 N–H and O–H groups in total. The zero-order valence-corrected chi connectivity index (χ0v) is 34.7. The van der Waals surface area contributed by atoms with Crippen LogP contribution in [-0.2, 0) is 20.4 Å². The normalized spacial score (nSPS) is 10.9. The molecule has 2 aromatic carbocycles. The number of amides is 2. The Bertz CT molecular complexity index is 1430. The summed E-state index contributed by atoms with van der Waals surface area (Å²) >= 11 is 0.555. The van der Waals surface area contributed by atoms with Crippen molar-refractivity contribution in [1.82, 2.24) is 4.98 Å². The van der Waals surface area contributed by atoms with Crippen LogP contribution in [0.3, 0.4) is 0 Å². The van der Waals surface area contributed by atoms with Crippen LogP contribution < -0.4 is 10.6 Å². The Kier molecular flexibility index (Phi) is 12.1. The van der Waals surface area contributed by atoms with E-state index in [9.17, 15) is 9.59 Å². The zero-order valence-electron chi connectivity index (χ0n) is 24.9. The van der Waals surface area contributed by atoms with Gasteiger partial charge in [0.1, 0.15) is 0 Å². The van der Waals surface area contributed by atoms with E-state index in [2.05, 4.69) is 80.8 Å². The first kappa shape index (κ1) is 33.1. The second-order valence-corrected chi connectivity index (χ2v) is 15.2. The van der Waals surface area contributed by atoms with Crippen LogP contribution >= 0.6 is 0 Å². The fraction of sp³-hybridized carbons (Fsp3) is 0.303. The van der Waals surface area contributed by atoms with Gasteiger partial charge in [-0.1, -0.05) is 0 Å². The number of pyridine rings is 1. The molecule has 1 heterocycles. The molecule has 0 atom stereocenters. The molecule has 0 fully saturated rings. The molecule has 2 amide bonds. The van der Waals surface area contributed by atoms with Crippen molar-refractivity contribution in [3.05, 3.63) is 88.2 Å². The van der Waals surface area contributed by atoms with E-state index in [1.165, 1.54) is 0 Å². The number of carbonyl (C=O) groups excluding carboxylic acids is 2. The quantitative estimate of drug-likeness (QED) is 0.302. The van der Waals surface area contributed by atoms with E-state index in [0.717, 1.165) is 33.6 Å². The molecule has 0 radical (unpaired) electrons. The Morgan fingerprint density at radius 1 is 0.675 bits per heavy atom. The summed E-state index contributed by atoms with van der Waals surface area (Å²) in [5.74, 6) is 12.9. The van der Waals surface area contributed by atoms with Gasteiger partial charge in [0.25, 0.3) is 0 Å². The van der Waals surface area contributed by atoms with Gasteiger partial charge in [0.05, 0.1) is 0 Å². The average molecular weight is 681 g/mol. The van der Waals surface area contributed by atoms with Crippen molar-refractivity contribution in [3.8, 4) is 23.7 Å². The van der Waals surface area contributed by atoms with Crippen molar-refractivity contribution in [2.75, 3.05) is 10.6 Å². The standard InChI is InChI=1S/C33H33N3O2.2Sr.2H/c1-22(37)34-30-18-14-26(32(3,4)5)20-24(30)12-16-28-10-9-11-29(36-28)17-13-25-21-27(33(6,7)8)15-19-31(25)35-23(2)38;;;;/h9-11,14-15,18-21H,1-2H2,3-8H3,(H,34,37)(H,35,38);;;;. The molecule has 0 unspecified atom stereocenters. The minimum atomic E-state index is -0.0450. The number of nitrogens with one attached hydrogen (secondary N) is 2. The maximum absolute atomic E-state index is 12.1. The number of aromatic nitrogens is 1. The molecule has 0 aliphatic carbocycles. The third-order valence-electron chi connectivity index (χ3n) is 6.36. The van der Waals surface area contributed by atoms with Gasteiger partial charge in [0, 0.05) is 0 Å². The van der Waals surface area contributed by atoms with Crippen LogP contribution in [0.5, 0.6) is 0 Å². The summed E-state index contributed by atoms with van der Waals surface area (Å²) in [6.07, 6.45) is 0. The molecule has 7 heteroatoms. The first-order chi connectivity index (χ1) is 18.8. The van der Waals surface area contributed by atoms with Gasteiger partial charge < -0.3 is 0 Å². The Labute approximate surface area is 297 Å². The monoisotopic (exact) mass is 681 g/mol. The van der Waals surface area contributed by atoms with Crippen molar-refractivity contribution < 1.29 is 9.59 Å². The zero-order chi connectivity index (χ0) is 29.5. The van der Waals surface area contributed by atoms with E-state index < -0.39 is 0 Å². The Balaban J connectivity index is 1.99. The van der Waals surface area contributed by atoms with Crippen LogP contribution in [0.15, 0.2) is 54.6 Å². The number of rotatable bonds is 4. The summed E-state index contributed by atoms with van der Waals surface area (Å²) in [4.78, 5) is 28.9. The van der Waals surface area contributed by atoms with E-state index in [-0.39, 0.29) is 109 Å². The maximum atomic E-state index is 12.1. The Hall–Kier alpha value is -1.39. The summed E-state index contributed by atoms with van der Waals surface area (Å²) in [5, 5.41) is 6.01. The van der Waals surface area contributed by atoms with E-state index >= 15 is 0 Å². The number of anilines is 2. The molecule has 1 aromatic heterocycles. The molecule has 0 spiro atoms. The van der Waals surface area contributed by atoms with Crippen molar-refractivity contribution in [1.29, 1.82) is 0 Å². The predicted molar refractivity (Wildman–Crippen MR) is 168 cm³/mol. The fourth-order valence-electron chi connectivity index (χ4n) is 3.76. The van der Waals surface area contributed by atoms with Gasteiger partial charge in [-0.05, 0) is 0 Å². The van der Waals surface area contributed by atoms with Crippen LogP contribution in [0.1, 0.15) is 75.2 Å². The molecule has 0 saturated heterocycles. The molecular formula is C33H35N3O2Sr2. The molecule has 5 nitrogen and oxygen atoms in total. The molecule has 0 saturated carbocycles. The summed E-state index contributed by atoms with van der Waals surface area (Å²) in [6, 6.07) is 17.6. The second kappa shape index (κ2) is 14.7. The fourth-order valence-corrected chi connectivity index (χ4v) is 4.63.